The predicted octanol–water partition coefficient (Wildman–Crippen LogP) is 1.86. The monoisotopic (exact) mass is 232 g/mol. The largest absolute Gasteiger partial charge is 0.380 e. The number of aromatic nitrogens is 3. The van der Waals surface area contributed by atoms with Gasteiger partial charge in [-0.25, -0.2) is 9.97 Å². The number of ether oxygens (including phenoxy) is 1. The van der Waals surface area contributed by atoms with Gasteiger partial charge in [-0.2, -0.15) is 0 Å². The summed E-state index contributed by atoms with van der Waals surface area (Å²) in [6.07, 6.45) is 3.30. The first-order valence-electron chi connectivity index (χ1n) is 5.71. The van der Waals surface area contributed by atoms with Crippen LogP contribution in [0.3, 0.4) is 0 Å². The Balaban J connectivity index is 2.08. The van der Waals surface area contributed by atoms with Gasteiger partial charge in [-0.1, -0.05) is 0 Å². The molecule has 0 saturated carbocycles. The van der Waals surface area contributed by atoms with Crippen molar-refractivity contribution in [3.05, 3.63) is 24.5 Å². The van der Waals surface area contributed by atoms with E-state index in [1.54, 1.807) is 12.4 Å². The number of hydrogen-bond donors (Lipinski definition) is 1. The van der Waals surface area contributed by atoms with Crippen molar-refractivity contribution in [3.8, 4) is 0 Å². The molecule has 0 spiro atoms. The van der Waals surface area contributed by atoms with Crippen LogP contribution in [0, 0.1) is 0 Å². The van der Waals surface area contributed by atoms with Crippen molar-refractivity contribution in [2.45, 2.75) is 19.9 Å². The lowest BCUT2D eigenvalue weighted by Gasteiger charge is -2.14. The molecule has 0 amide bonds. The lowest BCUT2D eigenvalue weighted by atomic mass is 10.3. The molecule has 2 aromatic rings. The Morgan fingerprint density at radius 3 is 2.94 bits per heavy atom. The topological polar surface area (TPSA) is 59.9 Å². The zero-order valence-corrected chi connectivity index (χ0v) is 10.1. The van der Waals surface area contributed by atoms with Gasteiger partial charge in [-0.05, 0) is 26.0 Å². The van der Waals surface area contributed by atoms with Crippen LogP contribution in [0.25, 0.3) is 11.2 Å². The number of anilines is 1. The Labute approximate surface area is 100 Å². The van der Waals surface area contributed by atoms with Gasteiger partial charge < -0.3 is 10.1 Å². The van der Waals surface area contributed by atoms with Crippen molar-refractivity contribution < 1.29 is 4.74 Å². The van der Waals surface area contributed by atoms with E-state index in [0.29, 0.717) is 12.3 Å². The van der Waals surface area contributed by atoms with Crippen LogP contribution < -0.4 is 5.32 Å². The highest BCUT2D eigenvalue weighted by Gasteiger charge is 2.04. The van der Waals surface area contributed by atoms with Gasteiger partial charge in [0.2, 0.25) is 0 Å². The van der Waals surface area contributed by atoms with Crippen LogP contribution in [0.2, 0.25) is 0 Å². The molecule has 0 aliphatic heterocycles. The summed E-state index contributed by atoms with van der Waals surface area (Å²) in [7, 11) is 0. The fourth-order valence-corrected chi connectivity index (χ4v) is 1.52. The first-order chi connectivity index (χ1) is 8.29. The fourth-order valence-electron chi connectivity index (χ4n) is 1.52. The quantitative estimate of drug-likeness (QED) is 0.852. The van der Waals surface area contributed by atoms with Crippen LogP contribution in [0.4, 0.5) is 5.82 Å². The maximum atomic E-state index is 5.34. The summed E-state index contributed by atoms with van der Waals surface area (Å²) in [5.41, 5.74) is 1.46. The van der Waals surface area contributed by atoms with E-state index in [0.717, 1.165) is 17.9 Å². The molecule has 0 fully saturated rings. The number of pyridine rings is 1. The number of nitrogens with zero attached hydrogens (tertiary/aromatic N) is 3. The fraction of sp³-hybridized carbons (Fsp3) is 0.417. The maximum absolute atomic E-state index is 5.34. The van der Waals surface area contributed by atoms with Gasteiger partial charge in [0.1, 0.15) is 11.3 Å². The molecular weight excluding hydrogens is 216 g/mol. The van der Waals surface area contributed by atoms with Crippen molar-refractivity contribution in [3.63, 3.8) is 0 Å². The molecule has 2 rings (SSSR count). The van der Waals surface area contributed by atoms with Gasteiger partial charge in [0.05, 0.1) is 6.61 Å². The Morgan fingerprint density at radius 1 is 1.29 bits per heavy atom. The molecule has 1 atom stereocenters. The summed E-state index contributed by atoms with van der Waals surface area (Å²) in [5.74, 6) is 0.796. The molecule has 5 nitrogen and oxygen atoms in total. The molecule has 0 bridgehead atoms. The molecule has 1 unspecified atom stereocenters. The van der Waals surface area contributed by atoms with Crippen LogP contribution in [-0.2, 0) is 4.74 Å². The third kappa shape index (κ3) is 3.10. The van der Waals surface area contributed by atoms with E-state index in [-0.39, 0.29) is 6.04 Å². The lowest BCUT2D eigenvalue weighted by Crippen LogP contribution is -2.22. The number of rotatable bonds is 5. The predicted molar refractivity (Wildman–Crippen MR) is 66.9 cm³/mol. The van der Waals surface area contributed by atoms with Gasteiger partial charge in [-0.15, -0.1) is 0 Å². The van der Waals surface area contributed by atoms with Crippen molar-refractivity contribution in [1.29, 1.82) is 0 Å². The second-order valence-electron chi connectivity index (χ2n) is 3.80. The zero-order valence-electron chi connectivity index (χ0n) is 10.1. The summed E-state index contributed by atoms with van der Waals surface area (Å²) in [4.78, 5) is 12.7. The minimum Gasteiger partial charge on any atom is -0.380 e. The van der Waals surface area contributed by atoms with E-state index in [9.17, 15) is 0 Å². The van der Waals surface area contributed by atoms with Crippen LogP contribution >= 0.6 is 0 Å². The highest BCUT2D eigenvalue weighted by atomic mass is 16.5. The maximum Gasteiger partial charge on any atom is 0.180 e. The summed E-state index contributed by atoms with van der Waals surface area (Å²) < 4.78 is 5.34. The molecule has 1 N–H and O–H groups in total. The standard InChI is InChI=1S/C12H16N4O/c1-3-17-8-9(2)15-11-5-4-10-12(16-11)14-7-6-13-10/h4-7,9H,3,8H2,1-2H3,(H,14,15,16). The van der Waals surface area contributed by atoms with Crippen LogP contribution in [-0.4, -0.2) is 34.2 Å². The first-order valence-corrected chi connectivity index (χ1v) is 5.71. The van der Waals surface area contributed by atoms with Crippen LogP contribution in [0.1, 0.15) is 13.8 Å². The number of nitrogens with one attached hydrogen (secondary N) is 1. The summed E-state index contributed by atoms with van der Waals surface area (Å²) in [6.45, 7) is 5.42. The highest BCUT2D eigenvalue weighted by molar-refractivity contribution is 5.71. The van der Waals surface area contributed by atoms with Gasteiger partial charge >= 0.3 is 0 Å². The van der Waals surface area contributed by atoms with E-state index in [2.05, 4.69) is 27.2 Å². The van der Waals surface area contributed by atoms with Crippen molar-refractivity contribution in [2.24, 2.45) is 0 Å². The summed E-state index contributed by atoms with van der Waals surface area (Å²) in [5, 5.41) is 3.26. The zero-order chi connectivity index (χ0) is 12.1. The van der Waals surface area contributed by atoms with Gasteiger partial charge in [-0.3, -0.25) is 4.98 Å². The van der Waals surface area contributed by atoms with Crippen LogP contribution in [0.5, 0.6) is 0 Å². The van der Waals surface area contributed by atoms with E-state index >= 15 is 0 Å². The highest BCUT2D eigenvalue weighted by Crippen LogP contribution is 2.11. The molecule has 0 radical (unpaired) electrons. The molecule has 17 heavy (non-hydrogen) atoms. The molecule has 2 heterocycles. The Hall–Kier alpha value is -1.75. The van der Waals surface area contributed by atoms with Crippen molar-refractivity contribution in [2.75, 3.05) is 18.5 Å². The van der Waals surface area contributed by atoms with E-state index < -0.39 is 0 Å². The molecule has 0 saturated heterocycles. The SMILES string of the molecule is CCOCC(C)Nc1ccc2nccnc2n1. The van der Waals surface area contributed by atoms with Gasteiger partial charge in [0, 0.05) is 25.0 Å². The van der Waals surface area contributed by atoms with E-state index in [1.807, 2.05) is 19.1 Å². The average Bonchev–Trinajstić information content (AvgIpc) is 2.36. The molecular formula is C12H16N4O. The Morgan fingerprint density at radius 2 is 2.12 bits per heavy atom. The third-order valence-corrected chi connectivity index (χ3v) is 2.30. The minimum atomic E-state index is 0.219. The number of hydrogen-bond acceptors (Lipinski definition) is 5. The second kappa shape index (κ2) is 5.54. The summed E-state index contributed by atoms with van der Waals surface area (Å²) in [6, 6.07) is 4.03. The molecule has 5 heteroatoms. The normalized spacial score (nSPS) is 12.6. The molecule has 0 aromatic carbocycles. The molecule has 0 aliphatic rings. The van der Waals surface area contributed by atoms with E-state index in [4.69, 9.17) is 4.74 Å². The Bertz CT molecular complexity index is 489. The Kier molecular flexibility index (Phi) is 3.82. The van der Waals surface area contributed by atoms with Gasteiger partial charge in [0.25, 0.3) is 0 Å². The van der Waals surface area contributed by atoms with Crippen molar-refractivity contribution in [1.82, 2.24) is 15.0 Å². The molecule has 90 valence electrons. The summed E-state index contributed by atoms with van der Waals surface area (Å²) >= 11 is 0. The lowest BCUT2D eigenvalue weighted by molar-refractivity contribution is 0.141. The number of fused-ring (bicyclic) bond motifs is 1. The van der Waals surface area contributed by atoms with E-state index in [1.165, 1.54) is 0 Å². The van der Waals surface area contributed by atoms with Crippen molar-refractivity contribution >= 4 is 17.0 Å². The van der Waals surface area contributed by atoms with Crippen LogP contribution in [0.15, 0.2) is 24.5 Å². The van der Waals surface area contributed by atoms with Gasteiger partial charge in [0.15, 0.2) is 5.65 Å². The third-order valence-electron chi connectivity index (χ3n) is 2.30. The minimum absolute atomic E-state index is 0.219. The smallest absolute Gasteiger partial charge is 0.180 e. The average molecular weight is 232 g/mol. The molecule has 2 aromatic heterocycles. The molecule has 0 aliphatic carbocycles. The first kappa shape index (κ1) is 11.7. The second-order valence-corrected chi connectivity index (χ2v) is 3.80.